The summed E-state index contributed by atoms with van der Waals surface area (Å²) in [6, 6.07) is 4.10. The van der Waals surface area contributed by atoms with Crippen molar-refractivity contribution in [2.24, 2.45) is 11.7 Å². The molecule has 0 aliphatic rings. The second kappa shape index (κ2) is 6.50. The molecule has 1 rings (SSSR count). The molecular formula is C14H23NO3. The first kappa shape index (κ1) is 14.6. The molecule has 0 saturated carbocycles. The minimum absolute atomic E-state index is 0.157. The summed E-state index contributed by atoms with van der Waals surface area (Å²) in [5.41, 5.74) is 7.03. The fourth-order valence-electron chi connectivity index (χ4n) is 1.81. The van der Waals surface area contributed by atoms with E-state index in [-0.39, 0.29) is 6.04 Å². The van der Waals surface area contributed by atoms with Gasteiger partial charge >= 0.3 is 0 Å². The Morgan fingerprint density at radius 2 is 1.50 bits per heavy atom. The normalized spacial score (nSPS) is 13.9. The maximum atomic E-state index is 5.89. The fraction of sp³-hybridized carbons (Fsp3) is 0.571. The van der Waals surface area contributed by atoms with Crippen LogP contribution in [0.2, 0.25) is 0 Å². The Hall–Kier alpha value is -1.42. The Morgan fingerprint density at radius 1 is 1.00 bits per heavy atom. The van der Waals surface area contributed by atoms with Gasteiger partial charge < -0.3 is 19.9 Å². The zero-order valence-electron chi connectivity index (χ0n) is 11.8. The van der Waals surface area contributed by atoms with Crippen LogP contribution >= 0.6 is 0 Å². The van der Waals surface area contributed by atoms with E-state index in [1.807, 2.05) is 19.1 Å². The summed E-state index contributed by atoms with van der Waals surface area (Å²) in [6.45, 7) is 4.15. The van der Waals surface area contributed by atoms with Crippen LogP contribution in [0.5, 0.6) is 17.2 Å². The van der Waals surface area contributed by atoms with E-state index >= 15 is 0 Å². The van der Waals surface area contributed by atoms with Gasteiger partial charge in [-0.1, -0.05) is 6.92 Å². The molecule has 0 heterocycles. The molecule has 1 aromatic carbocycles. The van der Waals surface area contributed by atoms with Crippen molar-refractivity contribution in [3.63, 3.8) is 0 Å². The zero-order valence-corrected chi connectivity index (χ0v) is 11.8. The van der Waals surface area contributed by atoms with Crippen molar-refractivity contribution in [1.29, 1.82) is 0 Å². The third kappa shape index (κ3) is 3.29. The van der Waals surface area contributed by atoms with Crippen molar-refractivity contribution >= 4 is 0 Å². The molecular weight excluding hydrogens is 230 g/mol. The average molecular weight is 253 g/mol. The summed E-state index contributed by atoms with van der Waals surface area (Å²) < 4.78 is 15.9. The molecule has 2 unspecified atom stereocenters. The van der Waals surface area contributed by atoms with Gasteiger partial charge in [-0.05, 0) is 37.0 Å². The lowest BCUT2D eigenvalue weighted by Crippen LogP contribution is -2.25. The van der Waals surface area contributed by atoms with E-state index in [9.17, 15) is 0 Å². The van der Waals surface area contributed by atoms with Gasteiger partial charge in [0.25, 0.3) is 0 Å². The highest BCUT2D eigenvalue weighted by Gasteiger charge is 2.15. The number of benzene rings is 1. The summed E-state index contributed by atoms with van der Waals surface area (Å²) in [7, 11) is 4.84. The van der Waals surface area contributed by atoms with Crippen LogP contribution in [-0.4, -0.2) is 27.4 Å². The van der Waals surface area contributed by atoms with Crippen molar-refractivity contribution in [2.45, 2.75) is 26.3 Å². The smallest absolute Gasteiger partial charge is 0.203 e. The predicted octanol–water partition coefficient (Wildman–Crippen LogP) is 2.24. The molecule has 102 valence electrons. The van der Waals surface area contributed by atoms with E-state index in [0.29, 0.717) is 23.2 Å². The lowest BCUT2D eigenvalue weighted by atomic mass is 9.95. The molecule has 0 aromatic heterocycles. The fourth-order valence-corrected chi connectivity index (χ4v) is 1.81. The van der Waals surface area contributed by atoms with Crippen LogP contribution in [0.1, 0.15) is 19.4 Å². The van der Waals surface area contributed by atoms with E-state index < -0.39 is 0 Å². The maximum absolute atomic E-state index is 5.89. The standard InChI is InChI=1S/C14H23NO3/c1-9(10(2)15)6-11-7-12(16-3)14(18-5)13(8-11)17-4/h7-10H,6,15H2,1-5H3. The number of nitrogens with two attached hydrogens (primary N) is 1. The highest BCUT2D eigenvalue weighted by atomic mass is 16.5. The Bertz CT molecular complexity index is 366. The molecule has 4 nitrogen and oxygen atoms in total. The molecule has 2 atom stereocenters. The Kier molecular flexibility index (Phi) is 5.28. The van der Waals surface area contributed by atoms with Gasteiger partial charge in [-0.15, -0.1) is 0 Å². The van der Waals surface area contributed by atoms with E-state index in [2.05, 4.69) is 6.92 Å². The van der Waals surface area contributed by atoms with Crippen LogP contribution in [-0.2, 0) is 6.42 Å². The van der Waals surface area contributed by atoms with Crippen molar-refractivity contribution in [3.8, 4) is 17.2 Å². The van der Waals surface area contributed by atoms with E-state index in [0.717, 1.165) is 12.0 Å². The van der Waals surface area contributed by atoms with Gasteiger partial charge in [-0.25, -0.2) is 0 Å². The average Bonchev–Trinajstić information content (AvgIpc) is 2.37. The monoisotopic (exact) mass is 253 g/mol. The predicted molar refractivity (Wildman–Crippen MR) is 72.6 cm³/mol. The Balaban J connectivity index is 3.07. The van der Waals surface area contributed by atoms with Crippen LogP contribution in [0.4, 0.5) is 0 Å². The van der Waals surface area contributed by atoms with Crippen LogP contribution < -0.4 is 19.9 Å². The second-order valence-electron chi connectivity index (χ2n) is 4.57. The zero-order chi connectivity index (χ0) is 13.7. The van der Waals surface area contributed by atoms with Crippen LogP contribution in [0.3, 0.4) is 0 Å². The summed E-state index contributed by atoms with van der Waals surface area (Å²) in [5.74, 6) is 2.39. The molecule has 1 aromatic rings. The van der Waals surface area contributed by atoms with Gasteiger partial charge in [-0.2, -0.15) is 0 Å². The topological polar surface area (TPSA) is 53.7 Å². The maximum Gasteiger partial charge on any atom is 0.203 e. The lowest BCUT2D eigenvalue weighted by Gasteiger charge is -2.18. The molecule has 0 bridgehead atoms. The molecule has 18 heavy (non-hydrogen) atoms. The van der Waals surface area contributed by atoms with E-state index in [4.69, 9.17) is 19.9 Å². The molecule has 0 fully saturated rings. The van der Waals surface area contributed by atoms with Gasteiger partial charge in [-0.3, -0.25) is 0 Å². The van der Waals surface area contributed by atoms with E-state index in [1.54, 1.807) is 21.3 Å². The summed E-state index contributed by atoms with van der Waals surface area (Å²) in [4.78, 5) is 0. The summed E-state index contributed by atoms with van der Waals surface area (Å²) in [5, 5.41) is 0. The number of methoxy groups -OCH3 is 3. The third-order valence-corrected chi connectivity index (χ3v) is 3.18. The van der Waals surface area contributed by atoms with Crippen LogP contribution in [0, 0.1) is 5.92 Å². The van der Waals surface area contributed by atoms with Gasteiger partial charge in [0.2, 0.25) is 5.75 Å². The van der Waals surface area contributed by atoms with Crippen molar-refractivity contribution in [1.82, 2.24) is 0 Å². The van der Waals surface area contributed by atoms with Crippen LogP contribution in [0.15, 0.2) is 12.1 Å². The van der Waals surface area contributed by atoms with Crippen molar-refractivity contribution in [2.75, 3.05) is 21.3 Å². The van der Waals surface area contributed by atoms with Crippen LogP contribution in [0.25, 0.3) is 0 Å². The first-order valence-electron chi connectivity index (χ1n) is 6.07. The van der Waals surface area contributed by atoms with Crippen molar-refractivity contribution in [3.05, 3.63) is 17.7 Å². The van der Waals surface area contributed by atoms with Gasteiger partial charge in [0.05, 0.1) is 21.3 Å². The number of ether oxygens (including phenoxy) is 3. The van der Waals surface area contributed by atoms with Gasteiger partial charge in [0.15, 0.2) is 11.5 Å². The molecule has 0 aliphatic carbocycles. The number of hydrogen-bond acceptors (Lipinski definition) is 4. The third-order valence-electron chi connectivity index (χ3n) is 3.18. The molecule has 0 amide bonds. The SMILES string of the molecule is COc1cc(CC(C)C(C)N)cc(OC)c1OC. The number of hydrogen-bond donors (Lipinski definition) is 1. The molecule has 0 aliphatic heterocycles. The summed E-state index contributed by atoms with van der Waals surface area (Å²) in [6.07, 6.45) is 0.883. The highest BCUT2D eigenvalue weighted by molar-refractivity contribution is 5.53. The lowest BCUT2D eigenvalue weighted by molar-refractivity contribution is 0.323. The molecule has 0 spiro atoms. The first-order chi connectivity index (χ1) is 8.53. The number of rotatable bonds is 6. The molecule has 0 radical (unpaired) electrons. The largest absolute Gasteiger partial charge is 0.493 e. The van der Waals surface area contributed by atoms with Gasteiger partial charge in [0, 0.05) is 6.04 Å². The molecule has 0 saturated heterocycles. The second-order valence-corrected chi connectivity index (χ2v) is 4.57. The summed E-state index contributed by atoms with van der Waals surface area (Å²) >= 11 is 0. The Labute approximate surface area is 109 Å². The van der Waals surface area contributed by atoms with Gasteiger partial charge in [0.1, 0.15) is 0 Å². The van der Waals surface area contributed by atoms with E-state index in [1.165, 1.54) is 0 Å². The highest BCUT2D eigenvalue weighted by Crippen LogP contribution is 2.38. The molecule has 4 heteroatoms. The Morgan fingerprint density at radius 3 is 1.83 bits per heavy atom. The van der Waals surface area contributed by atoms with Crippen molar-refractivity contribution < 1.29 is 14.2 Å². The minimum atomic E-state index is 0.157. The minimum Gasteiger partial charge on any atom is -0.493 e. The molecule has 2 N–H and O–H groups in total. The quantitative estimate of drug-likeness (QED) is 0.844. The first-order valence-corrected chi connectivity index (χ1v) is 6.07.